The number of nitrogens with one attached hydrogen (secondary N) is 2. The molecule has 144 valence electrons. The summed E-state index contributed by atoms with van der Waals surface area (Å²) in [7, 11) is 0. The van der Waals surface area contributed by atoms with Crippen molar-refractivity contribution in [2.24, 2.45) is 0 Å². The molecule has 2 aromatic carbocycles. The van der Waals surface area contributed by atoms with Gasteiger partial charge in [0, 0.05) is 18.5 Å². The fourth-order valence-corrected chi connectivity index (χ4v) is 3.90. The minimum absolute atomic E-state index is 0.0245. The molecular formula is C22H23N3O3. The van der Waals surface area contributed by atoms with Crippen molar-refractivity contribution >= 4 is 23.5 Å². The fourth-order valence-electron chi connectivity index (χ4n) is 3.90. The van der Waals surface area contributed by atoms with Crippen LogP contribution in [0.1, 0.15) is 48.4 Å². The molecule has 0 aromatic heterocycles. The Kier molecular flexibility index (Phi) is 5.10. The number of amides is 4. The van der Waals surface area contributed by atoms with E-state index in [0.717, 1.165) is 24.8 Å². The van der Waals surface area contributed by atoms with Crippen LogP contribution in [-0.2, 0) is 22.6 Å². The van der Waals surface area contributed by atoms with Gasteiger partial charge in [0.05, 0.1) is 12.6 Å². The van der Waals surface area contributed by atoms with Crippen LogP contribution >= 0.6 is 0 Å². The number of carbonyl (C=O) groups excluding carboxylic acids is 3. The van der Waals surface area contributed by atoms with Crippen molar-refractivity contribution in [2.45, 2.75) is 44.7 Å². The van der Waals surface area contributed by atoms with Crippen molar-refractivity contribution < 1.29 is 14.4 Å². The molecule has 2 aliphatic rings. The van der Waals surface area contributed by atoms with Gasteiger partial charge in [-0.15, -0.1) is 0 Å². The second-order valence-corrected chi connectivity index (χ2v) is 7.31. The highest BCUT2D eigenvalue weighted by atomic mass is 16.2. The lowest BCUT2D eigenvalue weighted by Crippen LogP contribution is -2.34. The van der Waals surface area contributed by atoms with Gasteiger partial charge in [0.25, 0.3) is 0 Å². The molecule has 1 heterocycles. The van der Waals surface area contributed by atoms with Crippen molar-refractivity contribution in [3.05, 3.63) is 65.2 Å². The van der Waals surface area contributed by atoms with E-state index < -0.39 is 0 Å². The molecule has 2 N–H and O–H groups in total. The number of anilines is 1. The van der Waals surface area contributed by atoms with E-state index in [1.165, 1.54) is 16.0 Å². The number of aryl methyl sites for hydroxylation is 1. The zero-order chi connectivity index (χ0) is 19.5. The van der Waals surface area contributed by atoms with Crippen LogP contribution in [-0.4, -0.2) is 22.7 Å². The first kappa shape index (κ1) is 18.2. The molecule has 1 aliphatic carbocycles. The van der Waals surface area contributed by atoms with Crippen molar-refractivity contribution in [3.63, 3.8) is 0 Å². The van der Waals surface area contributed by atoms with Crippen LogP contribution in [0.4, 0.5) is 10.5 Å². The number of likely N-dealkylation sites (tertiary alicyclic amines) is 1. The number of urea groups is 1. The van der Waals surface area contributed by atoms with E-state index in [0.29, 0.717) is 18.5 Å². The molecule has 28 heavy (non-hydrogen) atoms. The largest absolute Gasteiger partial charge is 0.331 e. The summed E-state index contributed by atoms with van der Waals surface area (Å²) in [5.41, 5.74) is 4.02. The normalized spacial score (nSPS) is 18.7. The van der Waals surface area contributed by atoms with Gasteiger partial charge in [-0.1, -0.05) is 36.4 Å². The number of hydrogen-bond donors (Lipinski definition) is 2. The molecule has 6 heteroatoms. The average Bonchev–Trinajstić information content (AvgIpc) is 3.02. The lowest BCUT2D eigenvalue weighted by molar-refractivity contribution is -0.139. The van der Waals surface area contributed by atoms with E-state index in [1.54, 1.807) is 12.1 Å². The summed E-state index contributed by atoms with van der Waals surface area (Å²) >= 11 is 0. The predicted octanol–water partition coefficient (Wildman–Crippen LogP) is 3.53. The van der Waals surface area contributed by atoms with Crippen LogP contribution in [0.15, 0.2) is 48.5 Å². The summed E-state index contributed by atoms with van der Waals surface area (Å²) in [6.07, 6.45) is 3.64. The van der Waals surface area contributed by atoms with E-state index in [2.05, 4.69) is 22.8 Å². The summed E-state index contributed by atoms with van der Waals surface area (Å²) in [5, 5.41) is 5.92. The average molecular weight is 377 g/mol. The van der Waals surface area contributed by atoms with E-state index in [9.17, 15) is 14.4 Å². The molecule has 4 amide bonds. The summed E-state index contributed by atoms with van der Waals surface area (Å²) in [5.74, 6) is -0.251. The lowest BCUT2D eigenvalue weighted by atomic mass is 9.88. The molecule has 0 bridgehead atoms. The predicted molar refractivity (Wildman–Crippen MR) is 106 cm³/mol. The molecule has 4 rings (SSSR count). The van der Waals surface area contributed by atoms with Gasteiger partial charge in [0.2, 0.25) is 11.8 Å². The second kappa shape index (κ2) is 7.84. The zero-order valence-electron chi connectivity index (χ0n) is 15.6. The second-order valence-electron chi connectivity index (χ2n) is 7.31. The van der Waals surface area contributed by atoms with Gasteiger partial charge < -0.3 is 10.6 Å². The standard InChI is InChI=1S/C22H23N3O3/c26-20-12-13-21(27)25(20)14-15-8-10-17(11-9-15)23-22(28)24-19-7-3-5-16-4-1-2-6-18(16)19/h1-2,4,6,8-11,19H,3,5,7,12-14H2,(H2,23,24,28). The molecule has 1 unspecified atom stereocenters. The molecular weight excluding hydrogens is 354 g/mol. The number of nitrogens with zero attached hydrogens (tertiary/aromatic N) is 1. The zero-order valence-corrected chi connectivity index (χ0v) is 15.6. The van der Waals surface area contributed by atoms with Crippen molar-refractivity contribution in [1.82, 2.24) is 10.2 Å². The lowest BCUT2D eigenvalue weighted by Gasteiger charge is -2.26. The molecule has 1 fully saturated rings. The molecule has 1 atom stereocenters. The maximum Gasteiger partial charge on any atom is 0.319 e. The molecule has 1 saturated heterocycles. The van der Waals surface area contributed by atoms with E-state index in [4.69, 9.17) is 0 Å². The molecule has 0 saturated carbocycles. The Bertz CT molecular complexity index is 891. The molecule has 6 nitrogen and oxygen atoms in total. The van der Waals surface area contributed by atoms with Crippen LogP contribution < -0.4 is 10.6 Å². The first-order valence-corrected chi connectivity index (χ1v) is 9.67. The Hall–Kier alpha value is -3.15. The highest BCUT2D eigenvalue weighted by Gasteiger charge is 2.28. The number of benzene rings is 2. The summed E-state index contributed by atoms with van der Waals surface area (Å²) in [6.45, 7) is 0.281. The first-order chi connectivity index (χ1) is 13.6. The number of carbonyl (C=O) groups is 3. The Morgan fingerprint density at radius 2 is 1.68 bits per heavy atom. The van der Waals surface area contributed by atoms with Gasteiger partial charge >= 0.3 is 6.03 Å². The van der Waals surface area contributed by atoms with Crippen LogP contribution in [0.2, 0.25) is 0 Å². The van der Waals surface area contributed by atoms with Gasteiger partial charge in [-0.05, 0) is 48.1 Å². The monoisotopic (exact) mass is 377 g/mol. The van der Waals surface area contributed by atoms with Crippen LogP contribution in [0.3, 0.4) is 0 Å². The van der Waals surface area contributed by atoms with Crippen molar-refractivity contribution in [1.29, 1.82) is 0 Å². The Morgan fingerprint density at radius 1 is 0.964 bits per heavy atom. The van der Waals surface area contributed by atoms with E-state index in [1.807, 2.05) is 24.3 Å². The van der Waals surface area contributed by atoms with Crippen molar-refractivity contribution in [2.75, 3.05) is 5.32 Å². The Labute approximate surface area is 163 Å². The number of rotatable bonds is 4. The minimum atomic E-state index is -0.237. The highest BCUT2D eigenvalue weighted by molar-refractivity contribution is 6.01. The first-order valence-electron chi connectivity index (χ1n) is 9.67. The maximum absolute atomic E-state index is 12.4. The van der Waals surface area contributed by atoms with E-state index in [-0.39, 0.29) is 30.4 Å². The fraction of sp³-hybridized carbons (Fsp3) is 0.318. The number of imide groups is 1. The Balaban J connectivity index is 1.35. The van der Waals surface area contributed by atoms with Gasteiger partial charge in [-0.2, -0.15) is 0 Å². The van der Waals surface area contributed by atoms with Gasteiger partial charge in [0.1, 0.15) is 0 Å². The topological polar surface area (TPSA) is 78.5 Å². The van der Waals surface area contributed by atoms with Crippen molar-refractivity contribution in [3.8, 4) is 0 Å². The molecule has 0 radical (unpaired) electrons. The molecule has 1 aliphatic heterocycles. The van der Waals surface area contributed by atoms with Crippen LogP contribution in [0, 0.1) is 0 Å². The van der Waals surface area contributed by atoms with Crippen LogP contribution in [0.5, 0.6) is 0 Å². The number of fused-ring (bicyclic) bond motifs is 1. The summed E-state index contributed by atoms with van der Waals surface area (Å²) in [4.78, 5) is 37.1. The van der Waals surface area contributed by atoms with Gasteiger partial charge in [-0.3, -0.25) is 14.5 Å². The smallest absolute Gasteiger partial charge is 0.319 e. The third-order valence-corrected chi connectivity index (χ3v) is 5.38. The third kappa shape index (κ3) is 3.91. The maximum atomic E-state index is 12.4. The third-order valence-electron chi connectivity index (χ3n) is 5.38. The SMILES string of the molecule is O=C(Nc1ccc(CN2C(=O)CCC2=O)cc1)NC1CCCc2ccccc21. The summed E-state index contributed by atoms with van der Waals surface area (Å²) in [6, 6.07) is 15.2. The summed E-state index contributed by atoms with van der Waals surface area (Å²) < 4.78 is 0. The quantitative estimate of drug-likeness (QED) is 0.800. The molecule has 0 spiro atoms. The Morgan fingerprint density at radius 3 is 2.43 bits per heavy atom. The van der Waals surface area contributed by atoms with E-state index >= 15 is 0 Å². The van der Waals surface area contributed by atoms with Gasteiger partial charge in [0.15, 0.2) is 0 Å². The van der Waals surface area contributed by atoms with Crippen LogP contribution in [0.25, 0.3) is 0 Å². The molecule has 2 aromatic rings. The highest BCUT2D eigenvalue weighted by Crippen LogP contribution is 2.29. The number of hydrogen-bond acceptors (Lipinski definition) is 3. The minimum Gasteiger partial charge on any atom is -0.331 e. The van der Waals surface area contributed by atoms with Gasteiger partial charge in [-0.25, -0.2) is 4.79 Å².